The van der Waals surface area contributed by atoms with Gasteiger partial charge in [0.1, 0.15) is 5.69 Å². The Morgan fingerprint density at radius 2 is 2.06 bits per heavy atom. The van der Waals surface area contributed by atoms with Gasteiger partial charge in [-0.25, -0.2) is 14.5 Å². The molecule has 0 saturated carbocycles. The van der Waals surface area contributed by atoms with E-state index in [1.807, 2.05) is 6.07 Å². The van der Waals surface area contributed by atoms with Gasteiger partial charge in [-0.2, -0.15) is 0 Å². The van der Waals surface area contributed by atoms with Gasteiger partial charge in [0.2, 0.25) is 0 Å². The number of nitrogens with zero attached hydrogens (tertiary/aromatic N) is 3. The topological polar surface area (TPSA) is 86.1 Å². The van der Waals surface area contributed by atoms with Gasteiger partial charge in [0.15, 0.2) is 5.65 Å². The molecule has 0 bridgehead atoms. The molecule has 84 valence electrons. The van der Waals surface area contributed by atoms with Crippen LogP contribution >= 0.6 is 0 Å². The van der Waals surface area contributed by atoms with Crippen molar-refractivity contribution in [1.29, 1.82) is 0 Å². The molecule has 0 aliphatic rings. The van der Waals surface area contributed by atoms with Crippen LogP contribution in [0.1, 0.15) is 10.5 Å². The van der Waals surface area contributed by atoms with Crippen molar-refractivity contribution in [2.45, 2.75) is 0 Å². The van der Waals surface area contributed by atoms with Crippen LogP contribution in [-0.2, 0) is 0 Å². The van der Waals surface area contributed by atoms with Gasteiger partial charge in [0.05, 0.1) is 23.6 Å². The van der Waals surface area contributed by atoms with Crippen LogP contribution in [0.3, 0.4) is 0 Å². The average molecular weight is 250 g/mol. The molecule has 0 aliphatic heterocycles. The zero-order valence-electron chi connectivity index (χ0n) is 9.62. The van der Waals surface area contributed by atoms with E-state index in [0.29, 0.717) is 11.4 Å². The Hall–Kier alpha value is -1.63. The Morgan fingerprint density at radius 1 is 1.22 bits per heavy atom. The summed E-state index contributed by atoms with van der Waals surface area (Å²) in [5.74, 6) is -1.29. The molecule has 1 N–H and O–H groups in total. The Bertz CT molecular complexity index is 675. The van der Waals surface area contributed by atoms with Crippen LogP contribution < -0.4 is 34.7 Å². The van der Waals surface area contributed by atoms with Crippen LogP contribution in [0, 0.1) is 0 Å². The van der Waals surface area contributed by atoms with Crippen molar-refractivity contribution in [3.63, 3.8) is 0 Å². The van der Waals surface area contributed by atoms with Crippen LogP contribution in [0.4, 0.5) is 0 Å². The van der Waals surface area contributed by atoms with Gasteiger partial charge in [-0.3, -0.25) is 0 Å². The Balaban J connectivity index is 0.00000120. The van der Waals surface area contributed by atoms with Crippen LogP contribution in [0.5, 0.6) is 0 Å². The van der Waals surface area contributed by atoms with Crippen molar-refractivity contribution < 1.29 is 39.5 Å². The zero-order valence-corrected chi connectivity index (χ0v) is 11.6. The number of carbonyl (C=O) groups is 1. The standard InChI is InChI=1S/C11H8N4O2.Na/c16-11(17)8-3-1-2-7(13-8)9-6-15-10(14-9)4-5-12-15;/h1-6,12H,(H,16,17);/q;+1/p-1. The second kappa shape index (κ2) is 4.93. The van der Waals surface area contributed by atoms with Crippen molar-refractivity contribution in [2.24, 2.45) is 0 Å². The van der Waals surface area contributed by atoms with Crippen LogP contribution in [0.15, 0.2) is 36.7 Å². The molecule has 3 aromatic rings. The monoisotopic (exact) mass is 250 g/mol. The summed E-state index contributed by atoms with van der Waals surface area (Å²) in [7, 11) is 0. The Kier molecular flexibility index (Phi) is 3.51. The van der Waals surface area contributed by atoms with Crippen molar-refractivity contribution in [1.82, 2.24) is 19.6 Å². The molecule has 0 unspecified atom stereocenters. The van der Waals surface area contributed by atoms with E-state index < -0.39 is 5.97 Å². The molecule has 0 saturated heterocycles. The molecule has 7 heteroatoms. The van der Waals surface area contributed by atoms with Gasteiger partial charge in [0, 0.05) is 12.3 Å². The number of pyridine rings is 1. The predicted octanol–water partition coefficient (Wildman–Crippen LogP) is -2.91. The number of rotatable bonds is 2. The first-order valence-electron chi connectivity index (χ1n) is 4.95. The summed E-state index contributed by atoms with van der Waals surface area (Å²) in [6.07, 6.45) is 3.51. The number of carboxylic acids is 1. The third-order valence-electron chi connectivity index (χ3n) is 2.40. The average Bonchev–Trinajstić information content (AvgIpc) is 2.89. The number of aromatic nitrogens is 4. The van der Waals surface area contributed by atoms with E-state index in [1.165, 1.54) is 6.07 Å². The number of carboxylic acid groups (broad SMARTS) is 1. The summed E-state index contributed by atoms with van der Waals surface area (Å²) in [5, 5.41) is 13.6. The molecule has 0 spiro atoms. The number of hydrogen-bond donors (Lipinski definition) is 1. The molecule has 3 aromatic heterocycles. The van der Waals surface area contributed by atoms with E-state index >= 15 is 0 Å². The van der Waals surface area contributed by atoms with Gasteiger partial charge in [-0.1, -0.05) is 6.07 Å². The van der Waals surface area contributed by atoms with Crippen molar-refractivity contribution in [2.75, 3.05) is 0 Å². The van der Waals surface area contributed by atoms with Crippen molar-refractivity contribution >= 4 is 11.6 Å². The minimum atomic E-state index is -1.29. The first-order valence-corrected chi connectivity index (χ1v) is 4.95. The maximum absolute atomic E-state index is 10.7. The first kappa shape index (κ1) is 12.8. The molecule has 3 heterocycles. The third-order valence-corrected chi connectivity index (χ3v) is 2.40. The van der Waals surface area contributed by atoms with Gasteiger partial charge in [-0.05, 0) is 12.1 Å². The maximum Gasteiger partial charge on any atom is 1.00 e. The van der Waals surface area contributed by atoms with Gasteiger partial charge >= 0.3 is 29.6 Å². The van der Waals surface area contributed by atoms with E-state index in [-0.39, 0.29) is 35.3 Å². The minimum absolute atomic E-state index is 0. The molecule has 6 nitrogen and oxygen atoms in total. The molecule has 0 amide bonds. The number of fused-ring (bicyclic) bond motifs is 1. The van der Waals surface area contributed by atoms with E-state index in [1.54, 1.807) is 29.0 Å². The molecule has 0 radical (unpaired) electrons. The molecule has 0 aromatic carbocycles. The minimum Gasteiger partial charge on any atom is -0.543 e. The summed E-state index contributed by atoms with van der Waals surface area (Å²) >= 11 is 0. The number of aromatic carboxylic acids is 1. The molecule has 0 aliphatic carbocycles. The van der Waals surface area contributed by atoms with E-state index in [0.717, 1.165) is 5.65 Å². The fourth-order valence-corrected chi connectivity index (χ4v) is 1.62. The summed E-state index contributed by atoms with van der Waals surface area (Å²) in [6, 6.07) is 6.52. The second-order valence-electron chi connectivity index (χ2n) is 3.51. The number of H-pyrrole nitrogens is 1. The summed E-state index contributed by atoms with van der Waals surface area (Å²) in [4.78, 5) is 19.0. The number of hydrogen-bond acceptors (Lipinski definition) is 4. The maximum atomic E-state index is 10.7. The summed E-state index contributed by atoms with van der Waals surface area (Å²) < 4.78 is 1.72. The van der Waals surface area contributed by atoms with Crippen molar-refractivity contribution in [3.05, 3.63) is 42.4 Å². The number of aromatic amines is 1. The van der Waals surface area contributed by atoms with E-state index in [4.69, 9.17) is 0 Å². The number of carbonyl (C=O) groups excluding carboxylic acids is 1. The smallest absolute Gasteiger partial charge is 0.543 e. The first-order chi connectivity index (χ1) is 8.24. The van der Waals surface area contributed by atoms with Gasteiger partial charge in [-0.15, -0.1) is 0 Å². The van der Waals surface area contributed by atoms with Crippen LogP contribution in [0.25, 0.3) is 17.0 Å². The fraction of sp³-hybridized carbons (Fsp3) is 0. The molecule has 0 fully saturated rings. The number of nitrogens with one attached hydrogen (secondary N) is 1. The predicted molar refractivity (Wildman–Crippen MR) is 57.1 cm³/mol. The molecular weight excluding hydrogens is 243 g/mol. The Labute approximate surface area is 124 Å². The van der Waals surface area contributed by atoms with Gasteiger partial charge < -0.3 is 15.0 Å². The Morgan fingerprint density at radius 3 is 2.78 bits per heavy atom. The molecule has 18 heavy (non-hydrogen) atoms. The van der Waals surface area contributed by atoms with E-state index in [9.17, 15) is 9.90 Å². The van der Waals surface area contributed by atoms with E-state index in [2.05, 4.69) is 15.1 Å². The second-order valence-corrected chi connectivity index (χ2v) is 3.51. The summed E-state index contributed by atoms with van der Waals surface area (Å²) in [6.45, 7) is 0. The third kappa shape index (κ3) is 2.17. The van der Waals surface area contributed by atoms with Gasteiger partial charge in [0.25, 0.3) is 0 Å². The summed E-state index contributed by atoms with van der Waals surface area (Å²) in [5.41, 5.74) is 1.77. The van der Waals surface area contributed by atoms with Crippen LogP contribution in [0.2, 0.25) is 0 Å². The molecule has 3 rings (SSSR count). The quantitative estimate of drug-likeness (QED) is 0.494. The fourth-order valence-electron chi connectivity index (χ4n) is 1.62. The normalized spacial score (nSPS) is 10.2. The largest absolute Gasteiger partial charge is 1.00 e. The number of imidazole rings is 1. The van der Waals surface area contributed by atoms with Crippen LogP contribution in [-0.4, -0.2) is 25.6 Å². The van der Waals surface area contributed by atoms with Crippen molar-refractivity contribution in [3.8, 4) is 11.4 Å². The molecule has 0 atom stereocenters. The molecular formula is C11H7N4NaO2. The SMILES string of the molecule is O=C([O-])c1cccc(-c2cn3[nH]ccc3n2)n1.[Na+]. The zero-order chi connectivity index (χ0) is 11.8.